The molecule has 1 saturated heterocycles. The molecule has 1 rings (SSSR count). The zero-order valence-electron chi connectivity index (χ0n) is 8.34. The first-order valence-electron chi connectivity index (χ1n) is 4.33. The molecule has 0 aliphatic carbocycles. The van der Waals surface area contributed by atoms with Gasteiger partial charge >= 0.3 is 11.9 Å². The summed E-state index contributed by atoms with van der Waals surface area (Å²) in [5, 5.41) is 18.0. The van der Waals surface area contributed by atoms with Crippen LogP contribution in [-0.2, 0) is 14.4 Å². The maximum absolute atomic E-state index is 11.6. The van der Waals surface area contributed by atoms with Gasteiger partial charge in [-0.1, -0.05) is 22.6 Å². The molecular weight excluding hydrogens is 349 g/mol. The maximum atomic E-state index is 11.6. The smallest absolute Gasteiger partial charge is 0.340 e. The van der Waals surface area contributed by atoms with E-state index in [1.807, 2.05) is 0 Å². The lowest BCUT2D eigenvalue weighted by Gasteiger charge is -2.32. The molecule has 1 fully saturated rings. The first kappa shape index (κ1) is 13.6. The van der Waals surface area contributed by atoms with Gasteiger partial charge in [-0.25, -0.2) is 9.59 Å². The van der Waals surface area contributed by atoms with Gasteiger partial charge in [0.05, 0.1) is 4.43 Å². The molecule has 8 heteroatoms. The minimum atomic E-state index is -1.48. The molecule has 0 bridgehead atoms. The van der Waals surface area contributed by atoms with E-state index in [2.05, 4.69) is 0 Å². The van der Waals surface area contributed by atoms with Gasteiger partial charge in [-0.2, -0.15) is 0 Å². The average molecular weight is 359 g/mol. The van der Waals surface area contributed by atoms with Crippen LogP contribution >= 0.6 is 34.4 Å². The van der Waals surface area contributed by atoms with Crippen LogP contribution in [0.25, 0.3) is 0 Å². The molecule has 0 aromatic carbocycles. The summed E-state index contributed by atoms with van der Waals surface area (Å²) in [5.41, 5.74) is 0. The van der Waals surface area contributed by atoms with Crippen molar-refractivity contribution in [1.29, 1.82) is 0 Å². The van der Waals surface area contributed by atoms with E-state index in [0.29, 0.717) is 0 Å². The van der Waals surface area contributed by atoms with Crippen molar-refractivity contribution in [3.63, 3.8) is 0 Å². The third-order valence-corrected chi connectivity index (χ3v) is 4.43. The molecule has 0 saturated carbocycles. The number of thioether (sulfide) groups is 1. The van der Waals surface area contributed by atoms with Crippen LogP contribution in [0, 0.1) is 0 Å². The van der Waals surface area contributed by atoms with Gasteiger partial charge in [-0.05, 0) is 6.92 Å². The monoisotopic (exact) mass is 359 g/mol. The van der Waals surface area contributed by atoms with Crippen LogP contribution in [0.3, 0.4) is 0 Å². The highest BCUT2D eigenvalue weighted by Gasteiger charge is 2.53. The van der Waals surface area contributed by atoms with Crippen LogP contribution in [0.15, 0.2) is 0 Å². The first-order chi connectivity index (χ1) is 7.34. The number of halogens is 1. The Labute approximate surface area is 110 Å². The number of carbonyl (C=O) groups is 3. The number of amides is 1. The van der Waals surface area contributed by atoms with Gasteiger partial charge in [0.1, 0.15) is 6.04 Å². The van der Waals surface area contributed by atoms with Gasteiger partial charge in [-0.15, -0.1) is 11.8 Å². The molecule has 0 aromatic heterocycles. The number of carboxylic acids is 2. The number of hydrogen-bond donors (Lipinski definition) is 2. The number of carbonyl (C=O) groups excluding carboxylic acids is 1. The predicted octanol–water partition coefficient (Wildman–Crippen LogP) is 0.251. The summed E-state index contributed by atoms with van der Waals surface area (Å²) in [5.74, 6) is -2.74. The van der Waals surface area contributed by atoms with Gasteiger partial charge in [0.2, 0.25) is 5.91 Å². The summed E-state index contributed by atoms with van der Waals surface area (Å²) >= 11 is 2.75. The second kappa shape index (κ2) is 4.78. The summed E-state index contributed by atoms with van der Waals surface area (Å²) in [7, 11) is 0. The van der Waals surface area contributed by atoms with Crippen LogP contribution in [-0.4, -0.2) is 54.1 Å². The molecule has 2 N–H and O–H groups in total. The Kier molecular flexibility index (Phi) is 4.05. The lowest BCUT2D eigenvalue weighted by atomic mass is 10.2. The Hall–Kier alpha value is -0.510. The average Bonchev–Trinajstić information content (AvgIpc) is 2.56. The normalized spacial score (nSPS) is 29.1. The molecule has 16 heavy (non-hydrogen) atoms. The zero-order valence-corrected chi connectivity index (χ0v) is 11.3. The molecule has 2 atom stereocenters. The van der Waals surface area contributed by atoms with Crippen molar-refractivity contribution in [3.05, 3.63) is 0 Å². The Morgan fingerprint density at radius 3 is 2.44 bits per heavy atom. The fraction of sp³-hybridized carbons (Fsp3) is 0.625. The van der Waals surface area contributed by atoms with Crippen molar-refractivity contribution in [3.8, 4) is 0 Å². The Bertz CT molecular complexity index is 349. The van der Waals surface area contributed by atoms with Crippen LogP contribution in [0.2, 0.25) is 0 Å². The summed E-state index contributed by atoms with van der Waals surface area (Å²) in [4.78, 5) is 33.2. The molecule has 1 amide bonds. The standard InChI is InChI=1S/C8H10INO5S/c1-8(7(14)15)10(5(11)2-9)4(3-16-8)6(12)13/h4H,2-3H2,1H3,(H,12,13)(H,14,15). The molecule has 90 valence electrons. The molecule has 2 unspecified atom stereocenters. The summed E-state index contributed by atoms with van der Waals surface area (Å²) < 4.78 is 0.0605. The number of aliphatic carboxylic acids is 2. The SMILES string of the molecule is CC1(C(=O)O)SCC(C(=O)O)N1C(=O)CI. The topological polar surface area (TPSA) is 94.9 Å². The van der Waals surface area contributed by atoms with Crippen molar-refractivity contribution in [2.75, 3.05) is 10.2 Å². The summed E-state index contributed by atoms with van der Waals surface area (Å²) in [6, 6.07) is -1.06. The lowest BCUT2D eigenvalue weighted by molar-refractivity contribution is -0.157. The number of rotatable bonds is 3. The highest BCUT2D eigenvalue weighted by atomic mass is 127. The van der Waals surface area contributed by atoms with Gasteiger partial charge in [0.15, 0.2) is 4.87 Å². The van der Waals surface area contributed by atoms with Gasteiger partial charge < -0.3 is 15.1 Å². The van der Waals surface area contributed by atoms with Crippen molar-refractivity contribution >= 4 is 52.2 Å². The number of alkyl halides is 1. The molecular formula is C8H10INO5S. The van der Waals surface area contributed by atoms with Crippen LogP contribution in [0.5, 0.6) is 0 Å². The minimum absolute atomic E-state index is 0.0605. The fourth-order valence-electron chi connectivity index (χ4n) is 1.51. The molecule has 1 aliphatic rings. The van der Waals surface area contributed by atoms with E-state index in [-0.39, 0.29) is 10.2 Å². The number of nitrogens with zero attached hydrogens (tertiary/aromatic N) is 1. The third kappa shape index (κ3) is 2.12. The van der Waals surface area contributed by atoms with Crippen molar-refractivity contribution in [1.82, 2.24) is 4.90 Å². The van der Waals surface area contributed by atoms with E-state index in [9.17, 15) is 14.4 Å². The Balaban J connectivity index is 3.11. The lowest BCUT2D eigenvalue weighted by Crippen LogP contribution is -2.55. The summed E-state index contributed by atoms with van der Waals surface area (Å²) in [6.45, 7) is 1.35. The van der Waals surface area contributed by atoms with Crippen molar-refractivity contribution in [2.24, 2.45) is 0 Å². The van der Waals surface area contributed by atoms with Gasteiger partial charge in [-0.3, -0.25) is 4.79 Å². The van der Waals surface area contributed by atoms with E-state index in [4.69, 9.17) is 10.2 Å². The van der Waals surface area contributed by atoms with Crippen LogP contribution < -0.4 is 0 Å². The van der Waals surface area contributed by atoms with E-state index < -0.39 is 28.8 Å². The van der Waals surface area contributed by atoms with E-state index in [1.165, 1.54) is 6.92 Å². The molecule has 1 aliphatic heterocycles. The predicted molar refractivity (Wildman–Crippen MR) is 65.7 cm³/mol. The van der Waals surface area contributed by atoms with E-state index in [0.717, 1.165) is 16.7 Å². The highest BCUT2D eigenvalue weighted by molar-refractivity contribution is 14.1. The molecule has 6 nitrogen and oxygen atoms in total. The first-order valence-corrected chi connectivity index (χ1v) is 6.84. The van der Waals surface area contributed by atoms with Crippen molar-refractivity contribution in [2.45, 2.75) is 17.8 Å². The largest absolute Gasteiger partial charge is 0.480 e. The Morgan fingerprint density at radius 1 is 1.50 bits per heavy atom. The molecule has 0 radical (unpaired) electrons. The van der Waals surface area contributed by atoms with E-state index >= 15 is 0 Å². The summed E-state index contributed by atoms with van der Waals surface area (Å²) in [6.07, 6.45) is 0. The number of hydrogen-bond acceptors (Lipinski definition) is 4. The van der Waals surface area contributed by atoms with Gasteiger partial charge in [0.25, 0.3) is 0 Å². The van der Waals surface area contributed by atoms with E-state index in [1.54, 1.807) is 22.6 Å². The second-order valence-corrected chi connectivity index (χ2v) is 5.53. The minimum Gasteiger partial charge on any atom is -0.480 e. The Morgan fingerprint density at radius 2 is 2.06 bits per heavy atom. The number of carboxylic acid groups (broad SMARTS) is 2. The van der Waals surface area contributed by atoms with Crippen LogP contribution in [0.1, 0.15) is 6.92 Å². The zero-order chi connectivity index (χ0) is 12.5. The van der Waals surface area contributed by atoms with Gasteiger partial charge in [0, 0.05) is 5.75 Å². The quantitative estimate of drug-likeness (QED) is 0.554. The third-order valence-electron chi connectivity index (χ3n) is 2.36. The highest BCUT2D eigenvalue weighted by Crippen LogP contribution is 2.39. The molecule has 1 heterocycles. The fourth-order valence-corrected chi connectivity index (χ4v) is 3.14. The molecule has 0 spiro atoms. The van der Waals surface area contributed by atoms with Crippen LogP contribution in [0.4, 0.5) is 0 Å². The maximum Gasteiger partial charge on any atom is 0.340 e. The second-order valence-electron chi connectivity index (χ2n) is 3.35. The van der Waals surface area contributed by atoms with Crippen molar-refractivity contribution < 1.29 is 24.6 Å². The molecule has 0 aromatic rings.